The summed E-state index contributed by atoms with van der Waals surface area (Å²) in [6, 6.07) is 2.81. The Morgan fingerprint density at radius 2 is 1.83 bits per heavy atom. The molecule has 160 valence electrons. The standard InChI is InChI=1S/C19H20FN3O7/c20-14-6-5-11(9-15(14)23(28)29)21-16(24)10-30-17(25)7-8-22-18(26)12-3-1-2-4-13(12)19(22)27/h5-6,9,12-13H,1-4,7-8,10H2,(H,21,24)/t12-,13-/m1/s1. The van der Waals surface area contributed by atoms with Crippen LogP contribution in [0.3, 0.4) is 0 Å². The smallest absolute Gasteiger partial charge is 0.308 e. The van der Waals surface area contributed by atoms with Crippen molar-refractivity contribution in [3.8, 4) is 0 Å². The first-order valence-corrected chi connectivity index (χ1v) is 9.52. The van der Waals surface area contributed by atoms with Crippen LogP contribution in [0.4, 0.5) is 15.8 Å². The molecule has 0 bridgehead atoms. The molecule has 0 spiro atoms. The van der Waals surface area contributed by atoms with Crippen LogP contribution in [0.15, 0.2) is 18.2 Å². The summed E-state index contributed by atoms with van der Waals surface area (Å²) in [4.78, 5) is 59.3. The molecule has 1 heterocycles. The van der Waals surface area contributed by atoms with Gasteiger partial charge in [-0.15, -0.1) is 0 Å². The normalized spacial score (nSPS) is 20.6. The number of hydrogen-bond acceptors (Lipinski definition) is 7. The third kappa shape index (κ3) is 4.61. The number of anilines is 1. The number of imide groups is 1. The van der Waals surface area contributed by atoms with Crippen LogP contribution in [0.2, 0.25) is 0 Å². The van der Waals surface area contributed by atoms with Gasteiger partial charge in [0.05, 0.1) is 23.2 Å². The first-order valence-electron chi connectivity index (χ1n) is 9.52. The van der Waals surface area contributed by atoms with Crippen molar-refractivity contribution in [3.05, 3.63) is 34.1 Å². The number of nitrogens with zero attached hydrogens (tertiary/aromatic N) is 2. The Morgan fingerprint density at radius 3 is 2.43 bits per heavy atom. The highest BCUT2D eigenvalue weighted by atomic mass is 19.1. The fourth-order valence-electron chi connectivity index (χ4n) is 3.80. The van der Waals surface area contributed by atoms with Crippen LogP contribution in [0.5, 0.6) is 0 Å². The molecular weight excluding hydrogens is 401 g/mol. The minimum absolute atomic E-state index is 0.0278. The van der Waals surface area contributed by atoms with Crippen LogP contribution >= 0.6 is 0 Å². The van der Waals surface area contributed by atoms with Gasteiger partial charge in [-0.2, -0.15) is 4.39 Å². The van der Waals surface area contributed by atoms with Crippen molar-refractivity contribution in [2.75, 3.05) is 18.5 Å². The summed E-state index contributed by atoms with van der Waals surface area (Å²) in [7, 11) is 0. The number of hydrogen-bond donors (Lipinski definition) is 1. The zero-order valence-electron chi connectivity index (χ0n) is 16.0. The van der Waals surface area contributed by atoms with Crippen molar-refractivity contribution in [1.29, 1.82) is 0 Å². The van der Waals surface area contributed by atoms with Crippen molar-refractivity contribution in [3.63, 3.8) is 0 Å². The van der Waals surface area contributed by atoms with E-state index in [-0.39, 0.29) is 42.3 Å². The number of carbonyl (C=O) groups excluding carboxylic acids is 4. The number of carbonyl (C=O) groups is 4. The molecule has 1 aromatic carbocycles. The maximum atomic E-state index is 13.3. The van der Waals surface area contributed by atoms with E-state index < -0.39 is 34.9 Å². The first kappa shape index (κ1) is 21.3. The quantitative estimate of drug-likeness (QED) is 0.307. The molecule has 1 saturated heterocycles. The summed E-state index contributed by atoms with van der Waals surface area (Å²) in [6.45, 7) is -0.771. The van der Waals surface area contributed by atoms with Gasteiger partial charge in [0.1, 0.15) is 0 Å². The van der Waals surface area contributed by atoms with Crippen molar-refractivity contribution in [1.82, 2.24) is 4.90 Å². The highest BCUT2D eigenvalue weighted by Crippen LogP contribution is 2.37. The van der Waals surface area contributed by atoms with E-state index in [1.54, 1.807) is 0 Å². The Bertz CT molecular complexity index is 880. The van der Waals surface area contributed by atoms with E-state index in [2.05, 4.69) is 5.32 Å². The Labute approximate surface area is 170 Å². The first-order chi connectivity index (χ1) is 14.3. The number of nitrogens with one attached hydrogen (secondary N) is 1. The number of halogens is 1. The Morgan fingerprint density at radius 1 is 1.20 bits per heavy atom. The van der Waals surface area contributed by atoms with E-state index in [1.165, 1.54) is 0 Å². The van der Waals surface area contributed by atoms with Gasteiger partial charge in [0.15, 0.2) is 6.61 Å². The van der Waals surface area contributed by atoms with Crippen molar-refractivity contribution < 1.29 is 33.2 Å². The fourth-order valence-corrected chi connectivity index (χ4v) is 3.80. The van der Waals surface area contributed by atoms with Gasteiger partial charge < -0.3 is 10.1 Å². The van der Waals surface area contributed by atoms with Gasteiger partial charge in [-0.25, -0.2) is 0 Å². The number of nitro benzene ring substituents is 1. The van der Waals surface area contributed by atoms with Gasteiger partial charge in [-0.3, -0.25) is 34.2 Å². The van der Waals surface area contributed by atoms with Gasteiger partial charge in [-0.05, 0) is 25.0 Å². The third-order valence-corrected chi connectivity index (χ3v) is 5.26. The third-order valence-electron chi connectivity index (χ3n) is 5.26. The average Bonchev–Trinajstić information content (AvgIpc) is 2.96. The largest absolute Gasteiger partial charge is 0.456 e. The van der Waals surface area contributed by atoms with Gasteiger partial charge in [0.2, 0.25) is 17.6 Å². The molecule has 1 aliphatic carbocycles. The predicted molar refractivity (Wildman–Crippen MR) is 99.4 cm³/mol. The molecule has 11 heteroatoms. The van der Waals surface area contributed by atoms with Crippen LogP contribution in [-0.4, -0.2) is 46.7 Å². The monoisotopic (exact) mass is 421 g/mol. The molecule has 10 nitrogen and oxygen atoms in total. The minimum Gasteiger partial charge on any atom is -0.456 e. The molecule has 0 radical (unpaired) electrons. The summed E-state index contributed by atoms with van der Waals surface area (Å²) in [5, 5.41) is 13.0. The summed E-state index contributed by atoms with van der Waals surface area (Å²) in [5.41, 5.74) is -0.828. The lowest BCUT2D eigenvalue weighted by Gasteiger charge is -2.19. The number of rotatable bonds is 7. The molecule has 2 aliphatic rings. The Balaban J connectivity index is 1.45. The molecule has 2 atom stereocenters. The number of benzene rings is 1. The van der Waals surface area contributed by atoms with Crippen LogP contribution < -0.4 is 5.32 Å². The Hall–Kier alpha value is -3.37. The number of fused-ring (bicyclic) bond motifs is 1. The van der Waals surface area contributed by atoms with Crippen LogP contribution in [0, 0.1) is 27.8 Å². The maximum absolute atomic E-state index is 13.3. The number of likely N-dealkylation sites (tertiary alicyclic amines) is 1. The van der Waals surface area contributed by atoms with Gasteiger partial charge in [0, 0.05) is 18.3 Å². The molecule has 30 heavy (non-hydrogen) atoms. The molecule has 1 saturated carbocycles. The zero-order valence-corrected chi connectivity index (χ0v) is 16.0. The second-order valence-corrected chi connectivity index (χ2v) is 7.21. The minimum atomic E-state index is -1.05. The van der Waals surface area contributed by atoms with Crippen LogP contribution in [0.1, 0.15) is 32.1 Å². The van der Waals surface area contributed by atoms with Gasteiger partial charge >= 0.3 is 11.7 Å². The summed E-state index contributed by atoms with van der Waals surface area (Å²) >= 11 is 0. The van der Waals surface area contributed by atoms with E-state index in [9.17, 15) is 33.7 Å². The van der Waals surface area contributed by atoms with E-state index in [1.807, 2.05) is 0 Å². The summed E-state index contributed by atoms with van der Waals surface area (Å²) in [5.74, 6) is -3.70. The number of ether oxygens (including phenoxy) is 1. The maximum Gasteiger partial charge on any atom is 0.308 e. The topological polar surface area (TPSA) is 136 Å². The van der Waals surface area contributed by atoms with E-state index in [0.29, 0.717) is 12.8 Å². The van der Waals surface area contributed by atoms with Crippen LogP contribution in [-0.2, 0) is 23.9 Å². The summed E-state index contributed by atoms with van der Waals surface area (Å²) < 4.78 is 18.1. The molecule has 1 aliphatic heterocycles. The zero-order chi connectivity index (χ0) is 21.8. The lowest BCUT2D eigenvalue weighted by atomic mass is 9.81. The highest BCUT2D eigenvalue weighted by Gasteiger charge is 2.47. The Kier molecular flexibility index (Phi) is 6.38. The SMILES string of the molecule is O=C(COC(=O)CCN1C(=O)[C@@H]2CCCC[C@H]2C1=O)Nc1ccc(F)c([N+](=O)[O-])c1. The van der Waals surface area contributed by atoms with Gasteiger partial charge in [0.25, 0.3) is 5.91 Å². The molecule has 1 aromatic rings. The lowest BCUT2D eigenvalue weighted by molar-refractivity contribution is -0.387. The molecular formula is C19H20FN3O7. The molecule has 0 unspecified atom stereocenters. The second-order valence-electron chi connectivity index (χ2n) is 7.21. The van der Waals surface area contributed by atoms with E-state index in [0.717, 1.165) is 35.9 Å². The van der Waals surface area contributed by atoms with Crippen LogP contribution in [0.25, 0.3) is 0 Å². The highest BCUT2D eigenvalue weighted by molar-refractivity contribution is 6.05. The molecule has 3 rings (SSSR count). The van der Waals surface area contributed by atoms with Crippen molar-refractivity contribution in [2.45, 2.75) is 32.1 Å². The van der Waals surface area contributed by atoms with E-state index >= 15 is 0 Å². The lowest BCUT2D eigenvalue weighted by Crippen LogP contribution is -2.33. The number of amides is 3. The molecule has 0 aromatic heterocycles. The molecule has 3 amide bonds. The fraction of sp³-hybridized carbons (Fsp3) is 0.474. The number of esters is 1. The van der Waals surface area contributed by atoms with E-state index in [4.69, 9.17) is 4.74 Å². The molecule has 2 fully saturated rings. The summed E-state index contributed by atoms with van der Waals surface area (Å²) in [6.07, 6.45) is 2.92. The van der Waals surface area contributed by atoms with Gasteiger partial charge in [-0.1, -0.05) is 12.8 Å². The predicted octanol–water partition coefficient (Wildman–Crippen LogP) is 1.78. The van der Waals surface area contributed by atoms with Crippen molar-refractivity contribution in [2.24, 2.45) is 11.8 Å². The van der Waals surface area contributed by atoms with Crippen molar-refractivity contribution >= 4 is 35.1 Å². The number of nitro groups is 1. The average molecular weight is 421 g/mol. The second kappa shape index (κ2) is 8.97. The molecule has 1 N–H and O–H groups in total.